The maximum absolute atomic E-state index is 12.7. The number of anilines is 1. The van der Waals surface area contributed by atoms with Crippen molar-refractivity contribution in [2.45, 2.75) is 52.0 Å². The van der Waals surface area contributed by atoms with Crippen molar-refractivity contribution in [3.05, 3.63) is 65.8 Å². The fraction of sp³-hybridized carbons (Fsp3) is 0.320. The van der Waals surface area contributed by atoms with Crippen LogP contribution in [-0.2, 0) is 24.2 Å². The number of nitrogens with zero attached hydrogens (tertiary/aromatic N) is 5. The van der Waals surface area contributed by atoms with Crippen molar-refractivity contribution in [3.63, 3.8) is 0 Å². The highest BCUT2D eigenvalue weighted by atomic mass is 16.5. The number of hydrogen-bond acceptors (Lipinski definition) is 6. The predicted molar refractivity (Wildman–Crippen MR) is 124 cm³/mol. The van der Waals surface area contributed by atoms with Crippen LogP contribution in [0, 0.1) is 6.92 Å². The molecule has 3 heterocycles. The molecule has 0 aliphatic carbocycles. The monoisotopic (exact) mass is 442 g/mol. The first-order valence-corrected chi connectivity index (χ1v) is 11.4. The highest BCUT2D eigenvalue weighted by molar-refractivity contribution is 5.92. The van der Waals surface area contributed by atoms with Gasteiger partial charge in [0.25, 0.3) is 0 Å². The van der Waals surface area contributed by atoms with Crippen LogP contribution in [0.2, 0.25) is 0 Å². The fourth-order valence-corrected chi connectivity index (χ4v) is 4.09. The summed E-state index contributed by atoms with van der Waals surface area (Å²) in [4.78, 5) is 17.1. The van der Waals surface area contributed by atoms with Crippen molar-refractivity contribution in [1.82, 2.24) is 24.9 Å². The SMILES string of the molecule is Cc1ccc(-c2nnc3n2CCCCC3)cc1NC(=O)CCc1nc(-c2ccccc2)no1. The highest BCUT2D eigenvalue weighted by Crippen LogP contribution is 2.27. The first-order valence-electron chi connectivity index (χ1n) is 11.4. The number of nitrogens with one attached hydrogen (secondary N) is 1. The number of aryl methyl sites for hydroxylation is 3. The van der Waals surface area contributed by atoms with E-state index in [1.807, 2.05) is 55.5 Å². The lowest BCUT2D eigenvalue weighted by atomic mass is 10.1. The van der Waals surface area contributed by atoms with Gasteiger partial charge >= 0.3 is 0 Å². The summed E-state index contributed by atoms with van der Waals surface area (Å²) in [6.45, 7) is 2.91. The zero-order valence-electron chi connectivity index (χ0n) is 18.6. The summed E-state index contributed by atoms with van der Waals surface area (Å²) in [5, 5.41) is 15.9. The predicted octanol–water partition coefficient (Wildman–Crippen LogP) is 4.60. The van der Waals surface area contributed by atoms with Crippen LogP contribution in [0.3, 0.4) is 0 Å². The first-order chi connectivity index (χ1) is 16.2. The summed E-state index contributed by atoms with van der Waals surface area (Å²) in [7, 11) is 0. The topological polar surface area (TPSA) is 98.7 Å². The molecule has 1 N–H and O–H groups in total. The minimum atomic E-state index is -0.102. The minimum absolute atomic E-state index is 0.102. The van der Waals surface area contributed by atoms with Gasteiger partial charge in [0.1, 0.15) is 5.82 Å². The Kier molecular flexibility index (Phi) is 5.97. The highest BCUT2D eigenvalue weighted by Gasteiger charge is 2.17. The van der Waals surface area contributed by atoms with E-state index in [0.29, 0.717) is 18.1 Å². The average Bonchev–Trinajstić information content (AvgIpc) is 3.41. The van der Waals surface area contributed by atoms with Crippen LogP contribution in [0.4, 0.5) is 5.69 Å². The number of aromatic nitrogens is 5. The Morgan fingerprint density at radius 2 is 1.94 bits per heavy atom. The van der Waals surface area contributed by atoms with Crippen LogP contribution in [-0.4, -0.2) is 30.8 Å². The lowest BCUT2D eigenvalue weighted by Crippen LogP contribution is -2.13. The second-order valence-electron chi connectivity index (χ2n) is 8.36. The molecule has 0 saturated heterocycles. The lowest BCUT2D eigenvalue weighted by molar-refractivity contribution is -0.116. The molecular weight excluding hydrogens is 416 g/mol. The number of amides is 1. The molecule has 168 valence electrons. The Bertz CT molecular complexity index is 1260. The average molecular weight is 443 g/mol. The quantitative estimate of drug-likeness (QED) is 0.468. The molecule has 0 unspecified atom stereocenters. The van der Waals surface area contributed by atoms with Crippen molar-refractivity contribution in [1.29, 1.82) is 0 Å². The Labute approximate surface area is 192 Å². The van der Waals surface area contributed by atoms with E-state index in [0.717, 1.165) is 59.8 Å². The molecule has 0 bridgehead atoms. The second kappa shape index (κ2) is 9.36. The van der Waals surface area contributed by atoms with E-state index < -0.39 is 0 Å². The minimum Gasteiger partial charge on any atom is -0.339 e. The number of benzene rings is 2. The summed E-state index contributed by atoms with van der Waals surface area (Å²) in [6.07, 6.45) is 5.09. The third-order valence-electron chi connectivity index (χ3n) is 5.95. The summed E-state index contributed by atoms with van der Waals surface area (Å²) in [6, 6.07) is 15.7. The number of fused-ring (bicyclic) bond motifs is 1. The normalized spacial score (nSPS) is 13.4. The molecule has 4 aromatic rings. The van der Waals surface area contributed by atoms with Gasteiger partial charge in [-0.3, -0.25) is 4.79 Å². The van der Waals surface area contributed by atoms with Crippen molar-refractivity contribution >= 4 is 11.6 Å². The van der Waals surface area contributed by atoms with Gasteiger partial charge in [0, 0.05) is 42.6 Å². The summed E-state index contributed by atoms with van der Waals surface area (Å²) in [5.74, 6) is 2.78. The van der Waals surface area contributed by atoms with E-state index in [1.165, 1.54) is 6.42 Å². The Balaban J connectivity index is 1.26. The van der Waals surface area contributed by atoms with Gasteiger partial charge in [0.2, 0.25) is 17.6 Å². The molecule has 5 rings (SSSR count). The van der Waals surface area contributed by atoms with Crippen LogP contribution in [0.5, 0.6) is 0 Å². The maximum atomic E-state index is 12.7. The van der Waals surface area contributed by atoms with Gasteiger partial charge in [-0.05, 0) is 31.4 Å². The summed E-state index contributed by atoms with van der Waals surface area (Å²) in [5.41, 5.74) is 3.61. The zero-order chi connectivity index (χ0) is 22.6. The van der Waals surface area contributed by atoms with Crippen LogP contribution in [0.1, 0.15) is 43.0 Å². The van der Waals surface area contributed by atoms with Crippen molar-refractivity contribution < 1.29 is 9.32 Å². The van der Waals surface area contributed by atoms with Crippen LogP contribution < -0.4 is 5.32 Å². The fourth-order valence-electron chi connectivity index (χ4n) is 4.09. The molecule has 8 heteroatoms. The summed E-state index contributed by atoms with van der Waals surface area (Å²) >= 11 is 0. The van der Waals surface area contributed by atoms with Gasteiger partial charge in [-0.25, -0.2) is 0 Å². The zero-order valence-corrected chi connectivity index (χ0v) is 18.6. The molecule has 1 aliphatic rings. The summed E-state index contributed by atoms with van der Waals surface area (Å²) < 4.78 is 7.53. The Morgan fingerprint density at radius 1 is 1.06 bits per heavy atom. The largest absolute Gasteiger partial charge is 0.339 e. The van der Waals surface area contributed by atoms with Crippen molar-refractivity contribution in [2.75, 3.05) is 5.32 Å². The van der Waals surface area contributed by atoms with Crippen LogP contribution >= 0.6 is 0 Å². The smallest absolute Gasteiger partial charge is 0.227 e. The van der Waals surface area contributed by atoms with Gasteiger partial charge in [0.15, 0.2) is 5.82 Å². The lowest BCUT2D eigenvalue weighted by Gasteiger charge is -2.11. The third kappa shape index (κ3) is 4.69. The number of rotatable bonds is 6. The molecule has 0 saturated carbocycles. The van der Waals surface area contributed by atoms with Gasteiger partial charge in [-0.1, -0.05) is 54.0 Å². The molecule has 0 spiro atoms. The molecule has 2 aromatic heterocycles. The van der Waals surface area contributed by atoms with E-state index in [1.54, 1.807) is 0 Å². The van der Waals surface area contributed by atoms with Gasteiger partial charge in [-0.2, -0.15) is 4.98 Å². The Morgan fingerprint density at radius 3 is 2.82 bits per heavy atom. The molecule has 0 atom stereocenters. The van der Waals surface area contributed by atoms with E-state index in [4.69, 9.17) is 4.52 Å². The van der Waals surface area contributed by atoms with Crippen LogP contribution in [0.15, 0.2) is 53.1 Å². The number of carbonyl (C=O) groups excluding carboxylic acids is 1. The van der Waals surface area contributed by atoms with Gasteiger partial charge in [-0.15, -0.1) is 10.2 Å². The van der Waals surface area contributed by atoms with E-state index >= 15 is 0 Å². The molecule has 0 radical (unpaired) electrons. The molecule has 0 fully saturated rings. The number of hydrogen-bond donors (Lipinski definition) is 1. The molecule has 33 heavy (non-hydrogen) atoms. The standard InChI is InChI=1S/C25H26N6O2/c1-17-11-12-19(25-29-28-21-10-6-3-7-15-31(21)25)16-20(17)26-22(32)13-14-23-27-24(30-33-23)18-8-4-2-5-9-18/h2,4-5,8-9,11-12,16H,3,6-7,10,13-15H2,1H3,(H,26,32). The molecule has 2 aromatic carbocycles. The second-order valence-corrected chi connectivity index (χ2v) is 8.36. The molecule has 1 amide bonds. The third-order valence-corrected chi connectivity index (χ3v) is 5.95. The Hall–Kier alpha value is -3.81. The van der Waals surface area contributed by atoms with Crippen molar-refractivity contribution in [2.24, 2.45) is 0 Å². The molecule has 8 nitrogen and oxygen atoms in total. The van der Waals surface area contributed by atoms with E-state index in [2.05, 4.69) is 30.2 Å². The van der Waals surface area contributed by atoms with E-state index in [-0.39, 0.29) is 12.3 Å². The van der Waals surface area contributed by atoms with Gasteiger partial charge in [0.05, 0.1) is 0 Å². The first kappa shape index (κ1) is 21.1. The maximum Gasteiger partial charge on any atom is 0.227 e. The van der Waals surface area contributed by atoms with Crippen LogP contribution in [0.25, 0.3) is 22.8 Å². The molecular formula is C25H26N6O2. The van der Waals surface area contributed by atoms with Gasteiger partial charge < -0.3 is 14.4 Å². The number of carbonyl (C=O) groups is 1. The van der Waals surface area contributed by atoms with Crippen molar-refractivity contribution in [3.8, 4) is 22.8 Å². The molecule has 1 aliphatic heterocycles. The van der Waals surface area contributed by atoms with E-state index in [9.17, 15) is 4.79 Å².